The van der Waals surface area contributed by atoms with Gasteiger partial charge in [-0.15, -0.1) is 0 Å². The Kier molecular flexibility index (Phi) is 6.50. The average molecular weight is 307 g/mol. The van der Waals surface area contributed by atoms with Crippen LogP contribution in [0.2, 0.25) is 5.02 Å². The van der Waals surface area contributed by atoms with Crippen molar-refractivity contribution in [2.24, 2.45) is 0 Å². The maximum atomic E-state index is 12.0. The second-order valence-corrected chi connectivity index (χ2v) is 6.15. The van der Waals surface area contributed by atoms with Crippen molar-refractivity contribution in [1.82, 2.24) is 14.6 Å². The molecule has 0 aliphatic carbocycles. The summed E-state index contributed by atoms with van der Waals surface area (Å²) in [6.07, 6.45) is 2.22. The lowest BCUT2D eigenvalue weighted by Gasteiger charge is -2.18. The van der Waals surface area contributed by atoms with Gasteiger partial charge in [-0.05, 0) is 31.6 Å². The largest absolute Gasteiger partial charge is 0.317 e. The SMILES string of the molecule is CCNCCCN(C)S(=O)(=O)Nc1ncccc1Cl. The Morgan fingerprint density at radius 1 is 1.47 bits per heavy atom. The molecule has 1 aromatic heterocycles. The number of hydrogen-bond donors (Lipinski definition) is 2. The number of anilines is 1. The number of halogens is 1. The van der Waals surface area contributed by atoms with Gasteiger partial charge in [-0.25, -0.2) is 4.98 Å². The second kappa shape index (κ2) is 7.64. The van der Waals surface area contributed by atoms with E-state index in [1.165, 1.54) is 17.5 Å². The zero-order valence-corrected chi connectivity index (χ0v) is 12.6. The topological polar surface area (TPSA) is 74.3 Å². The number of rotatable bonds is 8. The molecule has 108 valence electrons. The molecule has 1 rings (SSSR count). The van der Waals surface area contributed by atoms with Crippen LogP contribution in [0.1, 0.15) is 13.3 Å². The zero-order valence-electron chi connectivity index (χ0n) is 11.1. The first-order chi connectivity index (χ1) is 8.97. The lowest BCUT2D eigenvalue weighted by Crippen LogP contribution is -2.34. The van der Waals surface area contributed by atoms with Crippen molar-refractivity contribution >= 4 is 27.6 Å². The molecular weight excluding hydrogens is 288 g/mol. The number of pyridine rings is 1. The lowest BCUT2D eigenvalue weighted by molar-refractivity contribution is 0.459. The van der Waals surface area contributed by atoms with Gasteiger partial charge < -0.3 is 5.32 Å². The van der Waals surface area contributed by atoms with Crippen LogP contribution in [0.4, 0.5) is 5.82 Å². The van der Waals surface area contributed by atoms with Crippen LogP contribution in [0.5, 0.6) is 0 Å². The summed E-state index contributed by atoms with van der Waals surface area (Å²) in [4.78, 5) is 3.89. The third-order valence-electron chi connectivity index (χ3n) is 2.47. The van der Waals surface area contributed by atoms with E-state index in [0.717, 1.165) is 19.5 Å². The molecule has 0 aliphatic heterocycles. The molecule has 19 heavy (non-hydrogen) atoms. The van der Waals surface area contributed by atoms with E-state index in [2.05, 4.69) is 15.0 Å². The van der Waals surface area contributed by atoms with Gasteiger partial charge >= 0.3 is 10.2 Å². The van der Waals surface area contributed by atoms with E-state index >= 15 is 0 Å². The van der Waals surface area contributed by atoms with Crippen molar-refractivity contribution in [1.29, 1.82) is 0 Å². The third kappa shape index (κ3) is 5.32. The van der Waals surface area contributed by atoms with Gasteiger partial charge in [-0.2, -0.15) is 12.7 Å². The number of hydrogen-bond acceptors (Lipinski definition) is 4. The molecule has 2 N–H and O–H groups in total. The molecule has 1 heterocycles. The third-order valence-corrected chi connectivity index (χ3v) is 4.23. The first kappa shape index (κ1) is 16.2. The Bertz CT molecular complexity index is 495. The van der Waals surface area contributed by atoms with E-state index < -0.39 is 10.2 Å². The molecule has 0 aliphatic rings. The summed E-state index contributed by atoms with van der Waals surface area (Å²) in [5.41, 5.74) is 0. The molecule has 0 bridgehead atoms. The Hall–Kier alpha value is -0.890. The average Bonchev–Trinajstić information content (AvgIpc) is 2.37. The highest BCUT2D eigenvalue weighted by atomic mass is 35.5. The monoisotopic (exact) mass is 306 g/mol. The highest BCUT2D eigenvalue weighted by Gasteiger charge is 2.18. The first-order valence-corrected chi connectivity index (χ1v) is 7.84. The van der Waals surface area contributed by atoms with Crippen LogP contribution in [-0.2, 0) is 10.2 Å². The molecule has 0 saturated heterocycles. The Balaban J connectivity index is 2.58. The number of nitrogens with one attached hydrogen (secondary N) is 2. The summed E-state index contributed by atoms with van der Waals surface area (Å²) in [6.45, 7) is 4.08. The smallest absolute Gasteiger partial charge is 0.302 e. The van der Waals surface area contributed by atoms with E-state index in [1.807, 2.05) is 6.92 Å². The van der Waals surface area contributed by atoms with Crippen LogP contribution in [0.25, 0.3) is 0 Å². The molecule has 6 nitrogen and oxygen atoms in total. The summed E-state index contributed by atoms with van der Waals surface area (Å²) < 4.78 is 27.6. The van der Waals surface area contributed by atoms with E-state index in [-0.39, 0.29) is 10.8 Å². The Labute approximate surface area is 119 Å². The van der Waals surface area contributed by atoms with E-state index in [4.69, 9.17) is 11.6 Å². The van der Waals surface area contributed by atoms with Crippen LogP contribution in [0.3, 0.4) is 0 Å². The summed E-state index contributed by atoms with van der Waals surface area (Å²) in [6, 6.07) is 3.22. The molecule has 0 amide bonds. The molecule has 0 unspecified atom stereocenters. The molecule has 0 spiro atoms. The minimum Gasteiger partial charge on any atom is -0.317 e. The van der Waals surface area contributed by atoms with Crippen LogP contribution in [-0.4, -0.2) is 44.4 Å². The quantitative estimate of drug-likeness (QED) is 0.711. The van der Waals surface area contributed by atoms with Crippen molar-refractivity contribution in [3.05, 3.63) is 23.4 Å². The molecule has 0 radical (unpaired) electrons. The van der Waals surface area contributed by atoms with E-state index in [1.54, 1.807) is 12.1 Å². The first-order valence-electron chi connectivity index (χ1n) is 6.02. The highest BCUT2D eigenvalue weighted by molar-refractivity contribution is 7.90. The predicted octanol–water partition coefficient (Wildman–Crippen LogP) is 1.32. The van der Waals surface area contributed by atoms with Gasteiger partial charge in [0.1, 0.15) is 0 Å². The van der Waals surface area contributed by atoms with Crippen LogP contribution < -0.4 is 10.0 Å². The van der Waals surface area contributed by atoms with Crippen molar-refractivity contribution < 1.29 is 8.42 Å². The van der Waals surface area contributed by atoms with Gasteiger partial charge in [-0.3, -0.25) is 4.72 Å². The highest BCUT2D eigenvalue weighted by Crippen LogP contribution is 2.19. The van der Waals surface area contributed by atoms with Crippen molar-refractivity contribution in [3.8, 4) is 0 Å². The standard InChI is InChI=1S/C11H19ClN4O2S/c1-3-13-7-5-9-16(2)19(17,18)15-11-10(12)6-4-8-14-11/h4,6,8,13H,3,5,7,9H2,1-2H3,(H,14,15). The lowest BCUT2D eigenvalue weighted by atomic mass is 10.4. The maximum absolute atomic E-state index is 12.0. The Morgan fingerprint density at radius 2 is 2.21 bits per heavy atom. The van der Waals surface area contributed by atoms with Gasteiger partial charge in [0.15, 0.2) is 5.82 Å². The van der Waals surface area contributed by atoms with E-state index in [9.17, 15) is 8.42 Å². The van der Waals surface area contributed by atoms with Gasteiger partial charge in [0.05, 0.1) is 5.02 Å². The number of nitrogens with zero attached hydrogens (tertiary/aromatic N) is 2. The summed E-state index contributed by atoms with van der Waals surface area (Å²) >= 11 is 5.86. The summed E-state index contributed by atoms with van der Waals surface area (Å²) in [5.74, 6) is 0.141. The second-order valence-electron chi connectivity index (χ2n) is 3.97. The predicted molar refractivity (Wildman–Crippen MR) is 77.6 cm³/mol. The molecule has 0 atom stereocenters. The maximum Gasteiger partial charge on any atom is 0.302 e. The fraction of sp³-hybridized carbons (Fsp3) is 0.545. The molecule has 0 fully saturated rings. The fourth-order valence-electron chi connectivity index (χ4n) is 1.38. The van der Waals surface area contributed by atoms with Gasteiger partial charge in [0, 0.05) is 19.8 Å². The van der Waals surface area contributed by atoms with Gasteiger partial charge in [0.2, 0.25) is 0 Å². The van der Waals surface area contributed by atoms with Crippen molar-refractivity contribution in [2.45, 2.75) is 13.3 Å². The van der Waals surface area contributed by atoms with Crippen LogP contribution >= 0.6 is 11.6 Å². The van der Waals surface area contributed by atoms with Crippen LogP contribution in [0, 0.1) is 0 Å². The van der Waals surface area contributed by atoms with Crippen LogP contribution in [0.15, 0.2) is 18.3 Å². The Morgan fingerprint density at radius 3 is 2.84 bits per heavy atom. The minimum absolute atomic E-state index is 0.141. The molecular formula is C11H19ClN4O2S. The molecule has 1 aromatic rings. The van der Waals surface area contributed by atoms with Crippen molar-refractivity contribution in [2.75, 3.05) is 31.4 Å². The van der Waals surface area contributed by atoms with Gasteiger partial charge in [-0.1, -0.05) is 18.5 Å². The normalized spacial score (nSPS) is 11.8. The summed E-state index contributed by atoms with van der Waals surface area (Å²) in [5, 5.41) is 3.41. The number of aromatic nitrogens is 1. The summed E-state index contributed by atoms with van der Waals surface area (Å²) in [7, 11) is -2.10. The van der Waals surface area contributed by atoms with E-state index in [0.29, 0.717) is 6.54 Å². The van der Waals surface area contributed by atoms with Crippen molar-refractivity contribution in [3.63, 3.8) is 0 Å². The zero-order chi connectivity index (χ0) is 14.3. The molecule has 8 heteroatoms. The molecule has 0 aromatic carbocycles. The minimum atomic E-state index is -3.61. The molecule has 0 saturated carbocycles. The fourth-order valence-corrected chi connectivity index (χ4v) is 2.54. The van der Waals surface area contributed by atoms with Gasteiger partial charge in [0.25, 0.3) is 0 Å².